The van der Waals surface area contributed by atoms with Crippen LogP contribution in [0.15, 0.2) is 22.7 Å². The number of benzene rings is 1. The lowest BCUT2D eigenvalue weighted by molar-refractivity contribution is -0.384. The summed E-state index contributed by atoms with van der Waals surface area (Å²) in [6, 6.07) is 2.52. The first-order valence-electron chi connectivity index (χ1n) is 9.26. The summed E-state index contributed by atoms with van der Waals surface area (Å²) in [4.78, 5) is 18.8. The van der Waals surface area contributed by atoms with Crippen molar-refractivity contribution in [3.63, 3.8) is 0 Å². The fourth-order valence-corrected chi connectivity index (χ4v) is 3.27. The second-order valence-corrected chi connectivity index (χ2v) is 7.30. The van der Waals surface area contributed by atoms with E-state index in [0.29, 0.717) is 44.0 Å². The summed E-state index contributed by atoms with van der Waals surface area (Å²) in [5.41, 5.74) is -1.38. The lowest BCUT2D eigenvalue weighted by atomic mass is 10.1. The van der Waals surface area contributed by atoms with E-state index in [4.69, 9.17) is 4.52 Å². The SMILES string of the molecule is CC(C)c1noc(C(C)N2CCN(c3ccc(C(F)(F)F)cc3[N+](=O)[O-])CC2)n1. The van der Waals surface area contributed by atoms with Crippen LogP contribution in [0.4, 0.5) is 24.5 Å². The molecule has 2 aromatic rings. The van der Waals surface area contributed by atoms with Crippen LogP contribution in [-0.2, 0) is 6.18 Å². The number of nitro groups is 1. The zero-order valence-electron chi connectivity index (χ0n) is 16.3. The van der Waals surface area contributed by atoms with Gasteiger partial charge in [0, 0.05) is 38.2 Å². The van der Waals surface area contributed by atoms with Crippen LogP contribution in [-0.4, -0.2) is 46.1 Å². The van der Waals surface area contributed by atoms with Gasteiger partial charge < -0.3 is 9.42 Å². The highest BCUT2D eigenvalue weighted by molar-refractivity contribution is 5.65. The predicted octanol–water partition coefficient (Wildman–Crippen LogP) is 4.00. The second-order valence-electron chi connectivity index (χ2n) is 7.30. The Hall–Kier alpha value is -2.69. The fourth-order valence-electron chi connectivity index (χ4n) is 3.27. The average molecular weight is 413 g/mol. The molecule has 29 heavy (non-hydrogen) atoms. The monoisotopic (exact) mass is 413 g/mol. The molecule has 1 saturated heterocycles. The lowest BCUT2D eigenvalue weighted by Crippen LogP contribution is -2.47. The minimum absolute atomic E-state index is 0.125. The first-order chi connectivity index (χ1) is 13.6. The number of halogens is 3. The van der Waals surface area contributed by atoms with E-state index >= 15 is 0 Å². The van der Waals surface area contributed by atoms with Crippen LogP contribution < -0.4 is 4.90 Å². The molecule has 1 aliphatic heterocycles. The van der Waals surface area contributed by atoms with Gasteiger partial charge >= 0.3 is 6.18 Å². The Morgan fingerprint density at radius 3 is 2.34 bits per heavy atom. The Labute approximate surface area is 165 Å². The molecular weight excluding hydrogens is 391 g/mol. The van der Waals surface area contributed by atoms with Gasteiger partial charge in [-0.2, -0.15) is 18.2 Å². The van der Waals surface area contributed by atoms with E-state index < -0.39 is 22.4 Å². The number of hydrogen-bond acceptors (Lipinski definition) is 7. The van der Waals surface area contributed by atoms with Crippen molar-refractivity contribution in [3.05, 3.63) is 45.6 Å². The quantitative estimate of drug-likeness (QED) is 0.541. The van der Waals surface area contributed by atoms with Gasteiger partial charge in [0.25, 0.3) is 5.69 Å². The van der Waals surface area contributed by atoms with Gasteiger partial charge in [0.1, 0.15) is 5.69 Å². The Kier molecular flexibility index (Phi) is 5.78. The summed E-state index contributed by atoms with van der Waals surface area (Å²) in [7, 11) is 0. The number of piperazine rings is 1. The van der Waals surface area contributed by atoms with Crippen molar-refractivity contribution in [1.29, 1.82) is 0 Å². The zero-order valence-corrected chi connectivity index (χ0v) is 16.3. The highest BCUT2D eigenvalue weighted by atomic mass is 19.4. The van der Waals surface area contributed by atoms with E-state index in [1.807, 2.05) is 20.8 Å². The number of anilines is 1. The number of rotatable bonds is 5. The van der Waals surface area contributed by atoms with Crippen LogP contribution in [0.1, 0.15) is 50.0 Å². The van der Waals surface area contributed by atoms with Gasteiger partial charge in [0.05, 0.1) is 16.5 Å². The fraction of sp³-hybridized carbons (Fsp3) is 0.556. The molecule has 1 unspecified atom stereocenters. The Morgan fingerprint density at radius 2 is 1.83 bits per heavy atom. The molecule has 1 aromatic carbocycles. The van der Waals surface area contributed by atoms with Crippen LogP contribution in [0, 0.1) is 10.1 Å². The molecule has 2 heterocycles. The van der Waals surface area contributed by atoms with Crippen molar-refractivity contribution in [3.8, 4) is 0 Å². The average Bonchev–Trinajstić information content (AvgIpc) is 3.17. The van der Waals surface area contributed by atoms with Crippen molar-refractivity contribution >= 4 is 11.4 Å². The van der Waals surface area contributed by atoms with Crippen molar-refractivity contribution in [2.45, 2.75) is 38.9 Å². The van der Waals surface area contributed by atoms with Crippen LogP contribution in [0.3, 0.4) is 0 Å². The molecule has 0 amide bonds. The van der Waals surface area contributed by atoms with E-state index in [1.165, 1.54) is 6.07 Å². The topological polar surface area (TPSA) is 88.5 Å². The second kappa shape index (κ2) is 7.97. The van der Waals surface area contributed by atoms with Crippen molar-refractivity contribution in [2.24, 2.45) is 0 Å². The summed E-state index contributed by atoms with van der Waals surface area (Å²) in [6.07, 6.45) is -4.63. The summed E-state index contributed by atoms with van der Waals surface area (Å²) in [5, 5.41) is 15.3. The summed E-state index contributed by atoms with van der Waals surface area (Å²) >= 11 is 0. The molecule has 0 N–H and O–H groups in total. The van der Waals surface area contributed by atoms with Crippen molar-refractivity contribution in [1.82, 2.24) is 15.0 Å². The molecule has 1 aliphatic rings. The number of nitro benzene ring substituents is 1. The first-order valence-corrected chi connectivity index (χ1v) is 9.26. The highest BCUT2D eigenvalue weighted by Crippen LogP contribution is 2.37. The molecule has 1 fully saturated rings. The van der Waals surface area contributed by atoms with E-state index in [-0.39, 0.29) is 17.6 Å². The van der Waals surface area contributed by atoms with Crippen LogP contribution >= 0.6 is 0 Å². The Morgan fingerprint density at radius 1 is 1.17 bits per heavy atom. The molecule has 158 valence electrons. The van der Waals surface area contributed by atoms with Gasteiger partial charge in [-0.15, -0.1) is 0 Å². The van der Waals surface area contributed by atoms with E-state index in [1.54, 1.807) is 4.90 Å². The maximum atomic E-state index is 12.9. The van der Waals surface area contributed by atoms with Gasteiger partial charge in [-0.3, -0.25) is 15.0 Å². The molecule has 0 radical (unpaired) electrons. The lowest BCUT2D eigenvalue weighted by Gasteiger charge is -2.37. The Bertz CT molecular complexity index is 876. The zero-order chi connectivity index (χ0) is 21.3. The van der Waals surface area contributed by atoms with Crippen molar-refractivity contribution in [2.75, 3.05) is 31.1 Å². The third kappa shape index (κ3) is 4.50. The number of hydrogen-bond donors (Lipinski definition) is 0. The molecule has 0 bridgehead atoms. The molecule has 3 rings (SSSR count). The molecule has 1 atom stereocenters. The molecular formula is C18H22F3N5O3. The van der Waals surface area contributed by atoms with Crippen LogP contribution in [0.5, 0.6) is 0 Å². The smallest absolute Gasteiger partial charge is 0.363 e. The predicted molar refractivity (Wildman–Crippen MR) is 98.7 cm³/mol. The maximum Gasteiger partial charge on any atom is 0.416 e. The summed E-state index contributed by atoms with van der Waals surface area (Å²) in [5.74, 6) is 1.28. The van der Waals surface area contributed by atoms with Crippen LogP contribution in [0.2, 0.25) is 0 Å². The first kappa shape index (κ1) is 21.0. The Balaban J connectivity index is 1.72. The molecule has 0 aliphatic carbocycles. The normalized spacial score (nSPS) is 17.0. The van der Waals surface area contributed by atoms with Gasteiger partial charge in [0.2, 0.25) is 5.89 Å². The maximum absolute atomic E-state index is 12.9. The van der Waals surface area contributed by atoms with E-state index in [2.05, 4.69) is 15.0 Å². The van der Waals surface area contributed by atoms with E-state index in [0.717, 1.165) is 6.07 Å². The van der Waals surface area contributed by atoms with Gasteiger partial charge in [-0.05, 0) is 19.1 Å². The third-order valence-corrected chi connectivity index (χ3v) is 5.03. The number of nitrogens with zero attached hydrogens (tertiary/aromatic N) is 5. The molecule has 11 heteroatoms. The standard InChI is InChI=1S/C18H22F3N5O3/c1-11(2)16-22-17(29-23-16)12(3)24-6-8-25(9-7-24)14-5-4-13(18(19,20)21)10-15(14)26(27)28/h4-5,10-12H,6-9H2,1-3H3. The summed E-state index contributed by atoms with van der Waals surface area (Å²) in [6.45, 7) is 7.85. The van der Waals surface area contributed by atoms with Crippen molar-refractivity contribution < 1.29 is 22.6 Å². The number of alkyl halides is 3. The molecule has 1 aromatic heterocycles. The largest absolute Gasteiger partial charge is 0.416 e. The highest BCUT2D eigenvalue weighted by Gasteiger charge is 2.34. The molecule has 0 spiro atoms. The van der Waals surface area contributed by atoms with Gasteiger partial charge in [0.15, 0.2) is 5.82 Å². The molecule has 8 nitrogen and oxygen atoms in total. The minimum Gasteiger partial charge on any atom is -0.363 e. The van der Waals surface area contributed by atoms with E-state index in [9.17, 15) is 23.3 Å². The van der Waals surface area contributed by atoms with Gasteiger partial charge in [-0.25, -0.2) is 0 Å². The minimum atomic E-state index is -4.63. The number of aromatic nitrogens is 2. The van der Waals surface area contributed by atoms with Crippen LogP contribution in [0.25, 0.3) is 0 Å². The van der Waals surface area contributed by atoms with Gasteiger partial charge in [-0.1, -0.05) is 19.0 Å². The third-order valence-electron chi connectivity index (χ3n) is 5.03. The summed E-state index contributed by atoms with van der Waals surface area (Å²) < 4.78 is 44.0. The molecule has 0 saturated carbocycles.